The maximum atomic E-state index is 13.3. The second kappa shape index (κ2) is 12.5. The molecule has 3 aromatic rings. The highest BCUT2D eigenvalue weighted by molar-refractivity contribution is 5.87. The van der Waals surface area contributed by atoms with Gasteiger partial charge in [-0.3, -0.25) is 15.0 Å². The summed E-state index contributed by atoms with van der Waals surface area (Å²) in [6, 6.07) is 25.1. The highest BCUT2D eigenvalue weighted by atomic mass is 16.6. The molecule has 1 aliphatic heterocycles. The third kappa shape index (κ3) is 7.08. The average Bonchev–Trinajstić information content (AvgIpc) is 2.94. The van der Waals surface area contributed by atoms with E-state index in [1.807, 2.05) is 84.9 Å². The van der Waals surface area contributed by atoms with Crippen molar-refractivity contribution in [3.63, 3.8) is 0 Å². The van der Waals surface area contributed by atoms with Crippen LogP contribution in [-0.2, 0) is 40.4 Å². The lowest BCUT2D eigenvalue weighted by atomic mass is 9.94. The number of aliphatic hydroxyl groups is 1. The van der Waals surface area contributed by atoms with Gasteiger partial charge in [-0.1, -0.05) is 84.9 Å². The van der Waals surface area contributed by atoms with E-state index in [9.17, 15) is 19.5 Å². The molecule has 0 saturated heterocycles. The number of fused-ring (bicyclic) bond motifs is 1. The van der Waals surface area contributed by atoms with E-state index in [1.165, 1.54) is 4.90 Å². The first-order valence-electron chi connectivity index (χ1n) is 12.0. The minimum atomic E-state index is -1.10. The zero-order chi connectivity index (χ0) is 26.0. The number of carbonyl (C=O) groups is 3. The molecule has 4 rings (SSSR count). The minimum Gasteiger partial charge on any atom is -0.445 e. The predicted molar refractivity (Wildman–Crippen MR) is 135 cm³/mol. The zero-order valence-electron chi connectivity index (χ0n) is 20.2. The number of nitrogens with one attached hydrogen (secondary N) is 2. The first-order chi connectivity index (χ1) is 18.0. The van der Waals surface area contributed by atoms with E-state index in [2.05, 4.69) is 10.6 Å². The summed E-state index contributed by atoms with van der Waals surface area (Å²) in [5.41, 5.74) is 3.48. The van der Waals surface area contributed by atoms with Crippen molar-refractivity contribution in [2.75, 3.05) is 6.61 Å². The number of amides is 3. The summed E-state index contributed by atoms with van der Waals surface area (Å²) in [5.74, 6) is -0.534. The van der Waals surface area contributed by atoms with Gasteiger partial charge >= 0.3 is 12.2 Å². The Morgan fingerprint density at radius 3 is 2.00 bits per heavy atom. The molecule has 0 radical (unpaired) electrons. The van der Waals surface area contributed by atoms with Crippen LogP contribution in [0.4, 0.5) is 9.59 Å². The molecule has 3 N–H and O–H groups in total. The molecule has 0 aliphatic carbocycles. The number of hydrogen-bond donors (Lipinski definition) is 3. The van der Waals surface area contributed by atoms with E-state index in [4.69, 9.17) is 9.47 Å². The van der Waals surface area contributed by atoms with Crippen molar-refractivity contribution in [3.05, 3.63) is 107 Å². The van der Waals surface area contributed by atoms with Crippen LogP contribution in [0, 0.1) is 0 Å². The largest absolute Gasteiger partial charge is 0.445 e. The molecule has 2 unspecified atom stereocenters. The normalized spacial score (nSPS) is 15.2. The molecule has 0 fully saturated rings. The quantitative estimate of drug-likeness (QED) is 0.407. The van der Waals surface area contributed by atoms with Crippen LogP contribution in [-0.4, -0.2) is 46.9 Å². The minimum absolute atomic E-state index is 0.0409. The number of hydrogen-bond acceptors (Lipinski definition) is 6. The lowest BCUT2D eigenvalue weighted by Crippen LogP contribution is -2.58. The second-order valence-corrected chi connectivity index (χ2v) is 8.61. The molecular weight excluding hydrogens is 474 g/mol. The number of ether oxygens (including phenoxy) is 2. The number of alkyl carbamates (subject to hydrolysis) is 1. The molecular formula is C28H29N3O6. The molecule has 1 heterocycles. The predicted octanol–water partition coefficient (Wildman–Crippen LogP) is 3.11. The van der Waals surface area contributed by atoms with Crippen LogP contribution in [0.3, 0.4) is 0 Å². The Hall–Kier alpha value is -4.37. The van der Waals surface area contributed by atoms with Crippen LogP contribution in [0.15, 0.2) is 84.9 Å². The zero-order valence-corrected chi connectivity index (χ0v) is 20.2. The van der Waals surface area contributed by atoms with Crippen molar-refractivity contribution in [1.82, 2.24) is 15.5 Å². The van der Waals surface area contributed by atoms with E-state index < -0.39 is 36.9 Å². The molecule has 0 aromatic heterocycles. The van der Waals surface area contributed by atoms with Crippen molar-refractivity contribution in [3.8, 4) is 0 Å². The summed E-state index contributed by atoms with van der Waals surface area (Å²) >= 11 is 0. The summed E-state index contributed by atoms with van der Waals surface area (Å²) in [6.45, 7) is -0.258. The molecule has 192 valence electrons. The van der Waals surface area contributed by atoms with Crippen molar-refractivity contribution in [1.29, 1.82) is 0 Å². The van der Waals surface area contributed by atoms with Gasteiger partial charge in [-0.15, -0.1) is 0 Å². The first-order valence-corrected chi connectivity index (χ1v) is 12.0. The van der Waals surface area contributed by atoms with Gasteiger partial charge < -0.3 is 19.9 Å². The molecule has 37 heavy (non-hydrogen) atoms. The topological polar surface area (TPSA) is 117 Å². The van der Waals surface area contributed by atoms with E-state index in [-0.39, 0.29) is 26.2 Å². The molecule has 0 bridgehead atoms. The van der Waals surface area contributed by atoms with Crippen molar-refractivity contribution >= 4 is 18.1 Å². The number of rotatable bonds is 8. The maximum Gasteiger partial charge on any atom is 0.411 e. The van der Waals surface area contributed by atoms with Crippen LogP contribution < -0.4 is 10.6 Å². The van der Waals surface area contributed by atoms with Gasteiger partial charge in [-0.05, 0) is 22.3 Å². The number of nitrogens with zero attached hydrogens (tertiary/aromatic N) is 1. The Balaban J connectivity index is 1.40. The van der Waals surface area contributed by atoms with E-state index >= 15 is 0 Å². The fourth-order valence-corrected chi connectivity index (χ4v) is 4.05. The van der Waals surface area contributed by atoms with Crippen LogP contribution >= 0.6 is 0 Å². The Labute approximate surface area is 215 Å². The molecule has 1 aliphatic rings. The second-order valence-electron chi connectivity index (χ2n) is 8.61. The lowest BCUT2D eigenvalue weighted by molar-refractivity contribution is -0.127. The van der Waals surface area contributed by atoms with Crippen LogP contribution in [0.25, 0.3) is 0 Å². The molecule has 0 saturated carbocycles. The van der Waals surface area contributed by atoms with Gasteiger partial charge in [0, 0.05) is 6.42 Å². The Bertz CT molecular complexity index is 1200. The summed E-state index contributed by atoms with van der Waals surface area (Å²) in [6.07, 6.45) is -2.26. The summed E-state index contributed by atoms with van der Waals surface area (Å²) in [4.78, 5) is 39.9. The SMILES string of the molecule is O=C(NC(CO)NC(=O)C1Cc2ccccc2CN1C(=O)OCc1ccccc1)OCc1ccccc1. The first kappa shape index (κ1) is 25.7. The maximum absolute atomic E-state index is 13.3. The van der Waals surface area contributed by atoms with Gasteiger partial charge in [0.15, 0.2) is 0 Å². The molecule has 3 aromatic carbocycles. The highest BCUT2D eigenvalue weighted by Gasteiger charge is 2.36. The molecule has 2 atom stereocenters. The van der Waals surface area contributed by atoms with Crippen molar-refractivity contribution in [2.24, 2.45) is 0 Å². The van der Waals surface area contributed by atoms with Crippen molar-refractivity contribution < 1.29 is 29.0 Å². The Kier molecular flexibility index (Phi) is 8.72. The third-order valence-corrected chi connectivity index (χ3v) is 5.99. The molecule has 0 spiro atoms. The Morgan fingerprint density at radius 2 is 1.38 bits per heavy atom. The third-order valence-electron chi connectivity index (χ3n) is 5.99. The number of benzene rings is 3. The van der Waals surface area contributed by atoms with Crippen molar-refractivity contribution in [2.45, 2.75) is 38.4 Å². The average molecular weight is 504 g/mol. The van der Waals surface area contributed by atoms with Gasteiger partial charge in [0.05, 0.1) is 13.2 Å². The molecule has 9 nitrogen and oxygen atoms in total. The molecule has 3 amide bonds. The van der Waals surface area contributed by atoms with E-state index in [0.29, 0.717) is 0 Å². The van der Waals surface area contributed by atoms with Gasteiger partial charge in [-0.2, -0.15) is 0 Å². The van der Waals surface area contributed by atoms with Crippen LogP contribution in [0.2, 0.25) is 0 Å². The number of carbonyl (C=O) groups excluding carboxylic acids is 3. The number of aliphatic hydroxyl groups excluding tert-OH is 1. The van der Waals surface area contributed by atoms with E-state index in [0.717, 1.165) is 22.3 Å². The Morgan fingerprint density at radius 1 is 0.811 bits per heavy atom. The van der Waals surface area contributed by atoms with E-state index in [1.54, 1.807) is 0 Å². The van der Waals surface area contributed by atoms with Gasteiger partial charge in [0.1, 0.15) is 25.4 Å². The fraction of sp³-hybridized carbons (Fsp3) is 0.250. The summed E-state index contributed by atoms with van der Waals surface area (Å²) in [7, 11) is 0. The highest BCUT2D eigenvalue weighted by Crippen LogP contribution is 2.24. The summed E-state index contributed by atoms with van der Waals surface area (Å²) in [5, 5.41) is 14.8. The van der Waals surface area contributed by atoms with Gasteiger partial charge in [0.2, 0.25) is 5.91 Å². The standard InChI is InChI=1S/C28H29N3O6/c32-17-25(30-27(34)36-18-20-9-3-1-4-10-20)29-26(33)24-15-22-13-7-8-14-23(22)16-31(24)28(35)37-19-21-11-5-2-6-12-21/h1-14,24-25,32H,15-19H2,(H,29,33)(H,30,34). The summed E-state index contributed by atoms with van der Waals surface area (Å²) < 4.78 is 10.7. The lowest BCUT2D eigenvalue weighted by Gasteiger charge is -2.35. The van der Waals surface area contributed by atoms with Crippen LogP contribution in [0.5, 0.6) is 0 Å². The van der Waals surface area contributed by atoms with Gasteiger partial charge in [0.25, 0.3) is 0 Å². The molecule has 9 heteroatoms. The van der Waals surface area contributed by atoms with Gasteiger partial charge in [-0.25, -0.2) is 9.59 Å². The fourth-order valence-electron chi connectivity index (χ4n) is 4.05. The van der Waals surface area contributed by atoms with Crippen LogP contribution in [0.1, 0.15) is 22.3 Å². The smallest absolute Gasteiger partial charge is 0.411 e. The monoisotopic (exact) mass is 503 g/mol.